The van der Waals surface area contributed by atoms with Gasteiger partial charge < -0.3 is 14.8 Å². The first kappa shape index (κ1) is 22.3. The van der Waals surface area contributed by atoms with Crippen LogP contribution in [0, 0.1) is 0 Å². The number of nitrogens with zero attached hydrogens (tertiary/aromatic N) is 2. The molecular formula is C22H27Cl2N3O. The molecule has 0 unspecified atom stereocenters. The molecule has 1 amide bonds. The molecule has 0 aliphatic rings. The van der Waals surface area contributed by atoms with E-state index >= 15 is 0 Å². The molecule has 0 atom stereocenters. The molecule has 1 aromatic heterocycles. The smallest absolute Gasteiger partial charge is 0.270 e. The van der Waals surface area contributed by atoms with Gasteiger partial charge in [-0.15, -0.1) is 12.4 Å². The maximum absolute atomic E-state index is 13.1. The number of nitrogens with one attached hydrogen (secondary N) is 1. The van der Waals surface area contributed by atoms with E-state index in [1.807, 2.05) is 55.6 Å². The molecule has 150 valence electrons. The van der Waals surface area contributed by atoms with E-state index in [0.717, 1.165) is 41.7 Å². The minimum Gasteiger partial charge on any atom is -0.350 e. The summed E-state index contributed by atoms with van der Waals surface area (Å²) in [5.41, 5.74) is 2.57. The van der Waals surface area contributed by atoms with Crippen LogP contribution in [-0.2, 0) is 0 Å². The lowest BCUT2D eigenvalue weighted by Crippen LogP contribution is -2.36. The highest BCUT2D eigenvalue weighted by molar-refractivity contribution is 6.31. The molecule has 0 spiro atoms. The second-order valence-electron chi connectivity index (χ2n) is 6.68. The van der Waals surface area contributed by atoms with Crippen LogP contribution in [0.5, 0.6) is 0 Å². The Morgan fingerprint density at radius 1 is 1.00 bits per heavy atom. The molecule has 0 saturated heterocycles. The van der Waals surface area contributed by atoms with Crippen LogP contribution in [0.1, 0.15) is 24.3 Å². The number of hydrogen-bond donors (Lipinski definition) is 1. The maximum Gasteiger partial charge on any atom is 0.270 e. The molecule has 3 aromatic rings. The van der Waals surface area contributed by atoms with Crippen LogP contribution in [0.2, 0.25) is 5.02 Å². The summed E-state index contributed by atoms with van der Waals surface area (Å²) in [6, 6.07) is 15.7. The number of halogens is 2. The number of benzene rings is 2. The van der Waals surface area contributed by atoms with Crippen molar-refractivity contribution in [1.82, 2.24) is 14.8 Å². The molecule has 1 heterocycles. The van der Waals surface area contributed by atoms with Gasteiger partial charge in [0.15, 0.2) is 0 Å². The first-order chi connectivity index (χ1) is 13.0. The van der Waals surface area contributed by atoms with Gasteiger partial charge >= 0.3 is 0 Å². The molecular weight excluding hydrogens is 393 g/mol. The van der Waals surface area contributed by atoms with E-state index in [1.165, 1.54) is 0 Å². The zero-order valence-electron chi connectivity index (χ0n) is 16.5. The first-order valence-corrected chi connectivity index (χ1v) is 9.77. The number of amides is 1. The summed E-state index contributed by atoms with van der Waals surface area (Å²) in [7, 11) is 1.86. The van der Waals surface area contributed by atoms with Crippen molar-refractivity contribution in [3.8, 4) is 11.3 Å². The lowest BCUT2D eigenvalue weighted by atomic mass is 10.1. The van der Waals surface area contributed by atoms with Crippen molar-refractivity contribution in [3.63, 3.8) is 0 Å². The highest BCUT2D eigenvalue weighted by atomic mass is 35.5. The summed E-state index contributed by atoms with van der Waals surface area (Å²) in [6.07, 6.45) is 0. The second kappa shape index (κ2) is 9.97. The summed E-state index contributed by atoms with van der Waals surface area (Å²) in [5, 5.41) is 2.53. The third-order valence-electron chi connectivity index (χ3n) is 5.04. The van der Waals surface area contributed by atoms with E-state index in [4.69, 9.17) is 11.6 Å². The fraction of sp³-hybridized carbons (Fsp3) is 0.318. The van der Waals surface area contributed by atoms with Crippen molar-refractivity contribution >= 4 is 40.7 Å². The molecule has 0 radical (unpaired) electrons. The number of rotatable bonds is 7. The minimum absolute atomic E-state index is 0. The van der Waals surface area contributed by atoms with E-state index in [0.29, 0.717) is 17.3 Å². The number of likely N-dealkylation sites (N-methyl/N-ethyl adjacent to an activating group) is 2. The average molecular weight is 420 g/mol. The van der Waals surface area contributed by atoms with Crippen molar-refractivity contribution < 1.29 is 4.79 Å². The van der Waals surface area contributed by atoms with Crippen molar-refractivity contribution in [1.29, 1.82) is 0 Å². The van der Waals surface area contributed by atoms with Gasteiger partial charge in [0.2, 0.25) is 0 Å². The Balaban J connectivity index is 0.00000280. The average Bonchev–Trinajstić information content (AvgIpc) is 3.07. The van der Waals surface area contributed by atoms with Crippen LogP contribution in [0.25, 0.3) is 22.0 Å². The molecule has 0 bridgehead atoms. The Bertz CT molecular complexity index is 920. The predicted octanol–water partition coefficient (Wildman–Crippen LogP) is 5.32. The molecule has 3 rings (SSSR count). The van der Waals surface area contributed by atoms with Crippen molar-refractivity contribution in [2.75, 3.05) is 33.2 Å². The highest BCUT2D eigenvalue weighted by Crippen LogP contribution is 2.33. The van der Waals surface area contributed by atoms with Gasteiger partial charge in [0.1, 0.15) is 5.69 Å². The zero-order chi connectivity index (χ0) is 19.4. The monoisotopic (exact) mass is 419 g/mol. The predicted molar refractivity (Wildman–Crippen MR) is 121 cm³/mol. The number of carbonyl (C=O) groups is 1. The van der Waals surface area contributed by atoms with Gasteiger partial charge in [0.25, 0.3) is 5.91 Å². The lowest BCUT2D eigenvalue weighted by Gasteiger charge is -2.23. The van der Waals surface area contributed by atoms with Crippen molar-refractivity contribution in [2.24, 2.45) is 0 Å². The Hall–Kier alpha value is -2.01. The van der Waals surface area contributed by atoms with Crippen LogP contribution >= 0.6 is 24.0 Å². The highest BCUT2D eigenvalue weighted by Gasteiger charge is 2.20. The van der Waals surface area contributed by atoms with Crippen LogP contribution in [0.15, 0.2) is 48.5 Å². The first-order valence-electron chi connectivity index (χ1n) is 9.39. The minimum atomic E-state index is -0.00309. The zero-order valence-corrected chi connectivity index (χ0v) is 18.1. The van der Waals surface area contributed by atoms with Crippen LogP contribution in [0.3, 0.4) is 0 Å². The number of aromatic nitrogens is 1. The molecule has 0 aliphatic heterocycles. The summed E-state index contributed by atoms with van der Waals surface area (Å²) in [5.74, 6) is -0.00309. The molecule has 1 N–H and O–H groups in total. The van der Waals surface area contributed by atoms with E-state index in [9.17, 15) is 4.79 Å². The Morgan fingerprint density at radius 2 is 1.68 bits per heavy atom. The topological polar surface area (TPSA) is 39.3 Å². The summed E-state index contributed by atoms with van der Waals surface area (Å²) in [4.78, 5) is 20.6. The molecule has 0 fully saturated rings. The van der Waals surface area contributed by atoms with E-state index in [2.05, 4.69) is 23.7 Å². The summed E-state index contributed by atoms with van der Waals surface area (Å²) >= 11 is 6.23. The van der Waals surface area contributed by atoms with E-state index < -0.39 is 0 Å². The van der Waals surface area contributed by atoms with Gasteiger partial charge in [-0.1, -0.05) is 61.8 Å². The molecule has 6 heteroatoms. The molecule has 2 aromatic carbocycles. The molecule has 0 aliphatic carbocycles. The summed E-state index contributed by atoms with van der Waals surface area (Å²) < 4.78 is 0. The fourth-order valence-electron chi connectivity index (χ4n) is 3.33. The third-order valence-corrected chi connectivity index (χ3v) is 5.27. The number of aromatic amines is 1. The number of H-pyrrole nitrogens is 1. The van der Waals surface area contributed by atoms with Gasteiger partial charge in [-0.2, -0.15) is 0 Å². The second-order valence-corrected chi connectivity index (χ2v) is 7.12. The maximum atomic E-state index is 13.1. The molecule has 0 saturated carbocycles. The van der Waals surface area contributed by atoms with Crippen molar-refractivity contribution in [3.05, 3.63) is 59.2 Å². The van der Waals surface area contributed by atoms with Crippen molar-refractivity contribution in [2.45, 2.75) is 13.8 Å². The largest absolute Gasteiger partial charge is 0.350 e. The van der Waals surface area contributed by atoms with Gasteiger partial charge in [-0.3, -0.25) is 4.79 Å². The van der Waals surface area contributed by atoms with E-state index in [1.54, 1.807) is 4.90 Å². The number of hydrogen-bond acceptors (Lipinski definition) is 2. The number of fused-ring (bicyclic) bond motifs is 1. The third kappa shape index (κ3) is 4.69. The molecule has 28 heavy (non-hydrogen) atoms. The Labute approximate surface area is 177 Å². The van der Waals surface area contributed by atoms with Crippen LogP contribution < -0.4 is 0 Å². The quantitative estimate of drug-likeness (QED) is 0.562. The van der Waals surface area contributed by atoms with Gasteiger partial charge in [0, 0.05) is 35.9 Å². The number of carbonyl (C=O) groups excluding carboxylic acids is 1. The Kier molecular flexibility index (Phi) is 7.93. The molecule has 4 nitrogen and oxygen atoms in total. The Morgan fingerprint density at radius 3 is 2.32 bits per heavy atom. The van der Waals surface area contributed by atoms with E-state index in [-0.39, 0.29) is 18.3 Å². The standard InChI is InChI=1S/C22H26ClN3O.ClH/c1-4-26(5-2)14-13-25(3)22(27)21-18-12-11-17(23)15-19(18)20(24-21)16-9-7-6-8-10-16;/h6-12,15,24H,4-5,13-14H2,1-3H3;1H. The summed E-state index contributed by atoms with van der Waals surface area (Å²) in [6.45, 7) is 7.81. The normalized spacial score (nSPS) is 10.9. The van der Waals surface area contributed by atoms with Gasteiger partial charge in [-0.05, 0) is 30.8 Å². The SMILES string of the molecule is CCN(CC)CCN(C)C(=O)c1[nH]c(-c2ccccc2)c2cc(Cl)ccc12.Cl. The van der Waals surface area contributed by atoms with Gasteiger partial charge in [-0.25, -0.2) is 0 Å². The van der Waals surface area contributed by atoms with Crippen LogP contribution in [0.4, 0.5) is 0 Å². The van der Waals surface area contributed by atoms with Crippen LogP contribution in [-0.4, -0.2) is 53.9 Å². The lowest BCUT2D eigenvalue weighted by molar-refractivity contribution is 0.0776. The van der Waals surface area contributed by atoms with Gasteiger partial charge in [0.05, 0.1) is 5.69 Å². The fourth-order valence-corrected chi connectivity index (χ4v) is 3.50.